The van der Waals surface area contributed by atoms with Gasteiger partial charge in [-0.3, -0.25) is 0 Å². The van der Waals surface area contributed by atoms with Gasteiger partial charge in [-0.05, 0) is 19.3 Å². The van der Waals surface area contributed by atoms with E-state index in [0.29, 0.717) is 5.92 Å². The molecule has 0 aliphatic carbocycles. The second-order valence-electron chi connectivity index (χ2n) is 2.61. The first-order chi connectivity index (χ1) is 4.72. The summed E-state index contributed by atoms with van der Waals surface area (Å²) in [6.45, 7) is 5.89. The molecular formula is C9H16O. The van der Waals surface area contributed by atoms with Gasteiger partial charge < -0.3 is 5.11 Å². The highest BCUT2D eigenvalue weighted by molar-refractivity contribution is 5.03. The molecule has 2 unspecified atom stereocenters. The van der Waals surface area contributed by atoms with Gasteiger partial charge in [-0.25, -0.2) is 0 Å². The maximum atomic E-state index is 9.28. The van der Waals surface area contributed by atoms with Crippen molar-refractivity contribution < 1.29 is 5.11 Å². The van der Waals surface area contributed by atoms with E-state index in [1.807, 2.05) is 6.92 Å². The molecular weight excluding hydrogens is 124 g/mol. The Morgan fingerprint density at radius 1 is 1.50 bits per heavy atom. The Labute approximate surface area is 63.5 Å². The van der Waals surface area contributed by atoms with E-state index in [9.17, 15) is 5.11 Å². The second kappa shape index (κ2) is 5.32. The minimum atomic E-state index is -0.426. The molecule has 1 N–H and O–H groups in total. The molecule has 0 aromatic heterocycles. The van der Waals surface area contributed by atoms with Crippen molar-refractivity contribution in [3.05, 3.63) is 0 Å². The normalized spacial score (nSPS) is 15.2. The van der Waals surface area contributed by atoms with Crippen LogP contribution in [0.1, 0.15) is 33.6 Å². The summed E-state index contributed by atoms with van der Waals surface area (Å²) in [5, 5.41) is 9.28. The fourth-order valence-corrected chi connectivity index (χ4v) is 0.903. The predicted molar refractivity (Wildman–Crippen MR) is 43.5 cm³/mol. The van der Waals surface area contributed by atoms with Crippen LogP contribution >= 0.6 is 0 Å². The number of aliphatic hydroxyl groups is 1. The molecule has 0 bridgehead atoms. The Kier molecular flexibility index (Phi) is 5.06. The Balaban J connectivity index is 3.66. The third-order valence-corrected chi connectivity index (χ3v) is 1.58. The van der Waals surface area contributed by atoms with Crippen LogP contribution < -0.4 is 0 Å². The summed E-state index contributed by atoms with van der Waals surface area (Å²) in [5.41, 5.74) is 0. The highest BCUT2D eigenvalue weighted by atomic mass is 16.3. The van der Waals surface area contributed by atoms with Gasteiger partial charge in [0.25, 0.3) is 0 Å². The lowest BCUT2D eigenvalue weighted by Gasteiger charge is -2.11. The van der Waals surface area contributed by atoms with Gasteiger partial charge in [0.15, 0.2) is 0 Å². The van der Waals surface area contributed by atoms with Crippen LogP contribution in [0.4, 0.5) is 0 Å². The van der Waals surface area contributed by atoms with Crippen LogP contribution in [-0.4, -0.2) is 11.2 Å². The Bertz CT molecular complexity index is 129. The fraction of sp³-hybridized carbons (Fsp3) is 0.778. The third kappa shape index (κ3) is 3.53. The average molecular weight is 140 g/mol. The van der Waals surface area contributed by atoms with Gasteiger partial charge in [0, 0.05) is 0 Å². The molecule has 0 saturated carbocycles. The minimum Gasteiger partial charge on any atom is -0.380 e. The molecule has 0 aromatic carbocycles. The standard InChI is InChI=1S/C9H16O/c1-4-6-8(3)9(10)7-5-2/h8-10H,4,6H2,1-3H3. The van der Waals surface area contributed by atoms with Gasteiger partial charge in [-0.2, -0.15) is 0 Å². The summed E-state index contributed by atoms with van der Waals surface area (Å²) in [4.78, 5) is 0. The van der Waals surface area contributed by atoms with Crippen molar-refractivity contribution in [3.8, 4) is 11.8 Å². The van der Waals surface area contributed by atoms with Crippen LogP contribution in [0.5, 0.6) is 0 Å². The molecule has 0 saturated heterocycles. The largest absolute Gasteiger partial charge is 0.380 e. The van der Waals surface area contributed by atoms with Crippen LogP contribution in [0.3, 0.4) is 0 Å². The van der Waals surface area contributed by atoms with E-state index in [1.54, 1.807) is 6.92 Å². The van der Waals surface area contributed by atoms with Crippen molar-refractivity contribution in [2.45, 2.75) is 39.7 Å². The van der Waals surface area contributed by atoms with E-state index < -0.39 is 6.10 Å². The van der Waals surface area contributed by atoms with Crippen LogP contribution in [0, 0.1) is 17.8 Å². The van der Waals surface area contributed by atoms with Crippen molar-refractivity contribution in [1.29, 1.82) is 0 Å². The van der Waals surface area contributed by atoms with E-state index in [1.165, 1.54) is 0 Å². The van der Waals surface area contributed by atoms with E-state index >= 15 is 0 Å². The zero-order chi connectivity index (χ0) is 7.98. The van der Waals surface area contributed by atoms with Crippen molar-refractivity contribution in [1.82, 2.24) is 0 Å². The molecule has 0 fully saturated rings. The minimum absolute atomic E-state index is 0.317. The van der Waals surface area contributed by atoms with Crippen LogP contribution in [0.15, 0.2) is 0 Å². The fourth-order valence-electron chi connectivity index (χ4n) is 0.903. The summed E-state index contributed by atoms with van der Waals surface area (Å²) in [6, 6.07) is 0. The van der Waals surface area contributed by atoms with E-state index in [-0.39, 0.29) is 0 Å². The van der Waals surface area contributed by atoms with Crippen molar-refractivity contribution >= 4 is 0 Å². The zero-order valence-electron chi connectivity index (χ0n) is 7.02. The third-order valence-electron chi connectivity index (χ3n) is 1.58. The van der Waals surface area contributed by atoms with Gasteiger partial charge in [-0.1, -0.05) is 26.2 Å². The Hall–Kier alpha value is -0.480. The van der Waals surface area contributed by atoms with Crippen molar-refractivity contribution in [2.24, 2.45) is 5.92 Å². The second-order valence-corrected chi connectivity index (χ2v) is 2.61. The SMILES string of the molecule is CC#CC(O)C(C)CCC. The van der Waals surface area contributed by atoms with Gasteiger partial charge in [0.1, 0.15) is 6.10 Å². The molecule has 0 heterocycles. The van der Waals surface area contributed by atoms with Gasteiger partial charge in [-0.15, -0.1) is 5.92 Å². The smallest absolute Gasteiger partial charge is 0.117 e. The monoisotopic (exact) mass is 140 g/mol. The average Bonchev–Trinajstić information content (AvgIpc) is 1.89. The summed E-state index contributed by atoms with van der Waals surface area (Å²) >= 11 is 0. The lowest BCUT2D eigenvalue weighted by Crippen LogP contribution is -2.14. The van der Waals surface area contributed by atoms with Gasteiger partial charge in [0.05, 0.1) is 0 Å². The molecule has 2 atom stereocenters. The molecule has 0 aromatic rings. The maximum absolute atomic E-state index is 9.28. The Morgan fingerprint density at radius 2 is 2.10 bits per heavy atom. The van der Waals surface area contributed by atoms with E-state index in [0.717, 1.165) is 12.8 Å². The van der Waals surface area contributed by atoms with Crippen LogP contribution in [0.25, 0.3) is 0 Å². The van der Waals surface area contributed by atoms with Gasteiger partial charge in [0.2, 0.25) is 0 Å². The first kappa shape index (κ1) is 9.52. The maximum Gasteiger partial charge on any atom is 0.117 e. The molecule has 58 valence electrons. The number of hydrogen-bond acceptors (Lipinski definition) is 1. The first-order valence-electron chi connectivity index (χ1n) is 3.82. The van der Waals surface area contributed by atoms with Crippen LogP contribution in [0.2, 0.25) is 0 Å². The molecule has 10 heavy (non-hydrogen) atoms. The van der Waals surface area contributed by atoms with E-state index in [4.69, 9.17) is 0 Å². The summed E-state index contributed by atoms with van der Waals surface area (Å²) < 4.78 is 0. The summed E-state index contributed by atoms with van der Waals surface area (Å²) in [5.74, 6) is 5.76. The highest BCUT2D eigenvalue weighted by Crippen LogP contribution is 2.09. The van der Waals surface area contributed by atoms with E-state index in [2.05, 4.69) is 18.8 Å². The molecule has 0 spiro atoms. The molecule has 0 aliphatic rings. The number of aliphatic hydroxyl groups excluding tert-OH is 1. The predicted octanol–water partition coefficient (Wildman–Crippen LogP) is 1.81. The number of rotatable bonds is 3. The first-order valence-corrected chi connectivity index (χ1v) is 3.82. The zero-order valence-corrected chi connectivity index (χ0v) is 7.02. The molecule has 0 radical (unpaired) electrons. The summed E-state index contributed by atoms with van der Waals surface area (Å²) in [6.07, 6.45) is 1.74. The topological polar surface area (TPSA) is 20.2 Å². The molecule has 0 aliphatic heterocycles. The Morgan fingerprint density at radius 3 is 2.50 bits per heavy atom. The van der Waals surface area contributed by atoms with Crippen LogP contribution in [-0.2, 0) is 0 Å². The summed E-state index contributed by atoms with van der Waals surface area (Å²) in [7, 11) is 0. The molecule has 0 rings (SSSR count). The lowest BCUT2D eigenvalue weighted by atomic mass is 10.00. The highest BCUT2D eigenvalue weighted by Gasteiger charge is 2.08. The molecule has 1 nitrogen and oxygen atoms in total. The van der Waals surface area contributed by atoms with Crippen molar-refractivity contribution in [2.75, 3.05) is 0 Å². The van der Waals surface area contributed by atoms with Gasteiger partial charge >= 0.3 is 0 Å². The number of hydrogen-bond donors (Lipinski definition) is 1. The lowest BCUT2D eigenvalue weighted by molar-refractivity contribution is 0.165. The van der Waals surface area contributed by atoms with Crippen molar-refractivity contribution in [3.63, 3.8) is 0 Å². The molecule has 1 heteroatoms. The molecule has 0 amide bonds. The quantitative estimate of drug-likeness (QED) is 0.593.